The van der Waals surface area contributed by atoms with Crippen LogP contribution in [0.4, 0.5) is 0 Å². The van der Waals surface area contributed by atoms with Crippen LogP contribution in [0.15, 0.2) is 39.5 Å². The Hall–Kier alpha value is -1.72. The molecule has 1 unspecified atom stereocenters. The van der Waals surface area contributed by atoms with Crippen LogP contribution >= 0.6 is 34.3 Å². The minimum absolute atomic E-state index is 0.141. The quantitative estimate of drug-likeness (QED) is 0.551. The molecule has 11 heteroatoms. The first-order valence-corrected chi connectivity index (χ1v) is 12.8. The van der Waals surface area contributed by atoms with E-state index in [0.717, 1.165) is 21.6 Å². The maximum absolute atomic E-state index is 13.1. The Labute approximate surface area is 187 Å². The summed E-state index contributed by atoms with van der Waals surface area (Å²) < 4.78 is 36.2. The number of benzene rings is 1. The Bertz CT molecular complexity index is 1280. The van der Waals surface area contributed by atoms with E-state index < -0.39 is 22.0 Å². The summed E-state index contributed by atoms with van der Waals surface area (Å²) in [7, 11) is -2.19. The van der Waals surface area contributed by atoms with E-state index >= 15 is 0 Å². The van der Waals surface area contributed by atoms with Crippen LogP contribution in [0.1, 0.15) is 19.8 Å². The number of carbonyl (C=O) groups excluding carboxylic acids is 1. The van der Waals surface area contributed by atoms with Crippen molar-refractivity contribution in [3.8, 4) is 5.75 Å². The van der Waals surface area contributed by atoms with E-state index in [1.807, 2.05) is 29.7 Å². The van der Waals surface area contributed by atoms with Crippen LogP contribution in [0.3, 0.4) is 0 Å². The van der Waals surface area contributed by atoms with Gasteiger partial charge < -0.3 is 9.30 Å². The lowest BCUT2D eigenvalue weighted by Crippen LogP contribution is -2.40. The first kappa shape index (κ1) is 21.5. The molecule has 0 radical (unpaired) electrons. The molecule has 30 heavy (non-hydrogen) atoms. The van der Waals surface area contributed by atoms with Gasteiger partial charge in [0, 0.05) is 13.1 Å². The number of thiazole rings is 1. The Balaban J connectivity index is 1.74. The zero-order valence-electron chi connectivity index (χ0n) is 16.4. The fraction of sp³-hybridized carbons (Fsp3) is 0.368. The van der Waals surface area contributed by atoms with Crippen molar-refractivity contribution < 1.29 is 17.9 Å². The second-order valence-corrected chi connectivity index (χ2v) is 11.6. The van der Waals surface area contributed by atoms with Gasteiger partial charge in [-0.2, -0.15) is 9.30 Å². The Morgan fingerprint density at radius 3 is 2.77 bits per heavy atom. The molecular formula is C19H20ClN3O4S3. The van der Waals surface area contributed by atoms with E-state index in [4.69, 9.17) is 16.3 Å². The Morgan fingerprint density at radius 2 is 2.10 bits per heavy atom. The average molecular weight is 486 g/mol. The molecule has 1 aromatic carbocycles. The number of amides is 1. The van der Waals surface area contributed by atoms with Gasteiger partial charge in [0.1, 0.15) is 21.5 Å². The maximum Gasteiger partial charge on any atom is 0.266 e. The zero-order valence-corrected chi connectivity index (χ0v) is 19.6. The maximum atomic E-state index is 13.1. The Morgan fingerprint density at radius 1 is 1.30 bits per heavy atom. The lowest BCUT2D eigenvalue weighted by molar-refractivity contribution is -0.121. The number of aromatic nitrogens is 1. The van der Waals surface area contributed by atoms with Gasteiger partial charge in [0.25, 0.3) is 15.9 Å². The number of nitrogens with zero attached hydrogens (tertiary/aromatic N) is 3. The predicted octanol–water partition coefficient (Wildman–Crippen LogP) is 3.73. The van der Waals surface area contributed by atoms with Gasteiger partial charge in [0.15, 0.2) is 4.80 Å². The van der Waals surface area contributed by atoms with Crippen LogP contribution in [0.2, 0.25) is 4.34 Å². The molecule has 0 aliphatic carbocycles. The first-order valence-electron chi connectivity index (χ1n) is 9.39. The van der Waals surface area contributed by atoms with Gasteiger partial charge in [-0.3, -0.25) is 4.79 Å². The summed E-state index contributed by atoms with van der Waals surface area (Å²) in [6, 6.07) is 7.91. The molecule has 4 rings (SSSR count). The molecule has 2 aromatic heterocycles. The SMILES string of the molecule is CCn1c(=NC(=O)C2CCCN2S(=O)(=O)c2ccc(Cl)s2)sc2cccc(OC)c21. The first-order chi connectivity index (χ1) is 14.4. The second kappa shape index (κ2) is 8.43. The normalized spacial score (nSPS) is 18.4. The van der Waals surface area contributed by atoms with Crippen molar-refractivity contribution in [2.24, 2.45) is 4.99 Å². The van der Waals surface area contributed by atoms with Crippen LogP contribution in [0.5, 0.6) is 5.75 Å². The van der Waals surface area contributed by atoms with Gasteiger partial charge in [0.2, 0.25) is 0 Å². The summed E-state index contributed by atoms with van der Waals surface area (Å²) in [5, 5.41) is 0. The van der Waals surface area contributed by atoms with E-state index in [0.29, 0.717) is 34.3 Å². The highest BCUT2D eigenvalue weighted by molar-refractivity contribution is 7.91. The molecule has 0 bridgehead atoms. The minimum Gasteiger partial charge on any atom is -0.495 e. The third kappa shape index (κ3) is 3.71. The number of fused-ring (bicyclic) bond motifs is 1. The van der Waals surface area contributed by atoms with Crippen molar-refractivity contribution in [3.63, 3.8) is 0 Å². The molecule has 1 aliphatic rings. The number of para-hydroxylation sites is 1. The summed E-state index contributed by atoms with van der Waals surface area (Å²) in [4.78, 5) is 18.0. The molecule has 7 nitrogen and oxygen atoms in total. The van der Waals surface area contributed by atoms with Gasteiger partial charge in [-0.15, -0.1) is 11.3 Å². The van der Waals surface area contributed by atoms with Crippen molar-refractivity contribution in [1.29, 1.82) is 0 Å². The van der Waals surface area contributed by atoms with Crippen molar-refractivity contribution >= 4 is 60.4 Å². The molecule has 3 aromatic rings. The highest BCUT2D eigenvalue weighted by Gasteiger charge is 2.40. The van der Waals surface area contributed by atoms with Gasteiger partial charge in [-0.1, -0.05) is 29.0 Å². The number of hydrogen-bond donors (Lipinski definition) is 0. The van der Waals surface area contributed by atoms with Gasteiger partial charge >= 0.3 is 0 Å². The number of carbonyl (C=O) groups is 1. The minimum atomic E-state index is -3.79. The Kier molecular flexibility index (Phi) is 6.04. The van der Waals surface area contributed by atoms with Gasteiger partial charge in [0.05, 0.1) is 16.1 Å². The smallest absolute Gasteiger partial charge is 0.266 e. The van der Waals surface area contributed by atoms with Crippen LogP contribution in [0.25, 0.3) is 10.2 Å². The molecule has 1 atom stereocenters. The van der Waals surface area contributed by atoms with E-state index in [2.05, 4.69) is 4.99 Å². The second-order valence-electron chi connectivity index (χ2n) is 6.72. The van der Waals surface area contributed by atoms with E-state index in [1.54, 1.807) is 13.2 Å². The third-order valence-electron chi connectivity index (χ3n) is 5.01. The molecule has 1 fully saturated rings. The fourth-order valence-electron chi connectivity index (χ4n) is 3.64. The number of aryl methyl sites for hydroxylation is 1. The van der Waals surface area contributed by atoms with Crippen LogP contribution < -0.4 is 9.54 Å². The molecule has 1 saturated heterocycles. The number of sulfonamides is 1. The van der Waals surface area contributed by atoms with Crippen molar-refractivity contribution in [2.75, 3.05) is 13.7 Å². The number of hydrogen-bond acceptors (Lipinski definition) is 6. The lowest BCUT2D eigenvalue weighted by Gasteiger charge is -2.20. The monoisotopic (exact) mass is 485 g/mol. The van der Waals surface area contributed by atoms with E-state index in [1.165, 1.54) is 21.7 Å². The topological polar surface area (TPSA) is 81.0 Å². The zero-order chi connectivity index (χ0) is 21.5. The number of ether oxygens (including phenoxy) is 1. The van der Waals surface area contributed by atoms with Crippen LogP contribution in [0, 0.1) is 0 Å². The highest BCUT2D eigenvalue weighted by atomic mass is 35.5. The molecule has 160 valence electrons. The average Bonchev–Trinajstić information content (AvgIpc) is 3.45. The number of halogens is 1. The summed E-state index contributed by atoms with van der Waals surface area (Å²) >= 11 is 8.29. The van der Waals surface area contributed by atoms with Gasteiger partial charge in [-0.25, -0.2) is 8.42 Å². The molecule has 1 aliphatic heterocycles. The summed E-state index contributed by atoms with van der Waals surface area (Å²) in [6.07, 6.45) is 1.05. The number of rotatable bonds is 5. The lowest BCUT2D eigenvalue weighted by atomic mass is 10.2. The van der Waals surface area contributed by atoms with Crippen LogP contribution in [-0.2, 0) is 21.4 Å². The van der Waals surface area contributed by atoms with E-state index in [9.17, 15) is 13.2 Å². The third-order valence-corrected chi connectivity index (χ3v) is 9.66. The largest absolute Gasteiger partial charge is 0.495 e. The summed E-state index contributed by atoms with van der Waals surface area (Å²) in [5.74, 6) is 0.255. The van der Waals surface area contributed by atoms with Crippen molar-refractivity contribution in [2.45, 2.75) is 36.6 Å². The fourth-order valence-corrected chi connectivity index (χ4v) is 8.02. The molecule has 0 N–H and O–H groups in total. The van der Waals surface area contributed by atoms with Gasteiger partial charge in [-0.05, 0) is 44.0 Å². The van der Waals surface area contributed by atoms with Crippen molar-refractivity contribution in [3.05, 3.63) is 39.5 Å². The molecular weight excluding hydrogens is 466 g/mol. The summed E-state index contributed by atoms with van der Waals surface area (Å²) in [5.41, 5.74) is 0.878. The number of methoxy groups -OCH3 is 1. The standard InChI is InChI=1S/C19H20ClN3O4S3/c1-3-22-17-13(27-2)7-4-8-14(17)28-19(22)21-18(24)12-6-5-11-23(12)30(25,26)16-10-9-15(20)29-16/h4,7-10,12H,3,5-6,11H2,1-2H3. The summed E-state index contributed by atoms with van der Waals surface area (Å²) in [6.45, 7) is 2.86. The molecule has 1 amide bonds. The predicted molar refractivity (Wildman–Crippen MR) is 119 cm³/mol. The number of thiophene rings is 1. The van der Waals surface area contributed by atoms with E-state index in [-0.39, 0.29) is 10.8 Å². The molecule has 3 heterocycles. The molecule has 0 saturated carbocycles. The highest BCUT2D eigenvalue weighted by Crippen LogP contribution is 2.33. The van der Waals surface area contributed by atoms with Crippen molar-refractivity contribution in [1.82, 2.24) is 8.87 Å². The molecule has 0 spiro atoms. The van der Waals surface area contributed by atoms with Crippen LogP contribution in [-0.4, -0.2) is 42.9 Å².